The second kappa shape index (κ2) is 9.14. The number of hydrogen-bond acceptors (Lipinski definition) is 4. The molecular formula is C26H31IN2O3. The molecule has 0 bridgehead atoms. The van der Waals surface area contributed by atoms with Gasteiger partial charge < -0.3 is 7.97 Å². The van der Waals surface area contributed by atoms with Gasteiger partial charge in [0.1, 0.15) is 5.75 Å². The zero-order chi connectivity index (χ0) is 23.0. The van der Waals surface area contributed by atoms with Crippen molar-refractivity contribution in [3.8, 4) is 5.75 Å². The van der Waals surface area contributed by atoms with Crippen LogP contribution < -0.4 is 3.07 Å². The lowest BCUT2D eigenvalue weighted by molar-refractivity contribution is 0.0402. The Kier molecular flexibility index (Phi) is 6.63. The predicted octanol–water partition coefficient (Wildman–Crippen LogP) is 5.34. The number of benzene rings is 2. The fraction of sp³-hybridized carbons (Fsp3) is 0.462. The Labute approximate surface area is 204 Å². The van der Waals surface area contributed by atoms with Gasteiger partial charge in [-0.2, -0.15) is 0 Å². The highest BCUT2D eigenvalue weighted by atomic mass is 127. The van der Waals surface area contributed by atoms with E-state index in [1.54, 1.807) is 12.1 Å². The van der Waals surface area contributed by atoms with Gasteiger partial charge in [0.2, 0.25) is 0 Å². The monoisotopic (exact) mass is 546 g/mol. The maximum Gasteiger partial charge on any atom is 0.261 e. The van der Waals surface area contributed by atoms with Gasteiger partial charge in [-0.05, 0) is 60.0 Å². The van der Waals surface area contributed by atoms with Crippen LogP contribution in [-0.2, 0) is 5.41 Å². The van der Waals surface area contributed by atoms with Gasteiger partial charge in [-0.15, -0.1) is 0 Å². The Morgan fingerprint density at radius 1 is 1.09 bits per heavy atom. The maximum atomic E-state index is 13.1. The number of fused-ring (bicyclic) bond motifs is 1. The molecule has 0 radical (unpaired) electrons. The summed E-state index contributed by atoms with van der Waals surface area (Å²) in [5.74, 6) is 1.17. The number of imide groups is 1. The molecule has 2 heterocycles. The molecule has 0 aliphatic carbocycles. The first-order valence-corrected chi connectivity index (χ1v) is 12.2. The summed E-state index contributed by atoms with van der Waals surface area (Å²) in [6, 6.07) is 15.4. The van der Waals surface area contributed by atoms with E-state index in [0.717, 1.165) is 25.3 Å². The second-order valence-corrected chi connectivity index (χ2v) is 10.2. The van der Waals surface area contributed by atoms with Crippen LogP contribution in [0.2, 0.25) is 0 Å². The number of piperidine rings is 1. The summed E-state index contributed by atoms with van der Waals surface area (Å²) in [6.07, 6.45) is 1.02. The molecule has 1 saturated heterocycles. The van der Waals surface area contributed by atoms with Crippen molar-refractivity contribution >= 4 is 34.8 Å². The van der Waals surface area contributed by atoms with Crippen LogP contribution in [0.5, 0.6) is 5.75 Å². The van der Waals surface area contributed by atoms with E-state index in [1.807, 2.05) is 41.2 Å². The number of carbonyl (C=O) groups excluding carboxylic acids is 2. The molecule has 0 N–H and O–H groups in total. The van der Waals surface area contributed by atoms with Crippen molar-refractivity contribution < 1.29 is 12.7 Å². The maximum absolute atomic E-state index is 13.1. The van der Waals surface area contributed by atoms with E-state index in [4.69, 9.17) is 3.07 Å². The van der Waals surface area contributed by atoms with Gasteiger partial charge in [-0.1, -0.05) is 52.0 Å². The summed E-state index contributed by atoms with van der Waals surface area (Å²) in [6.45, 7) is 11.4. The van der Waals surface area contributed by atoms with E-state index >= 15 is 0 Å². The molecular weight excluding hydrogens is 515 g/mol. The van der Waals surface area contributed by atoms with Gasteiger partial charge in [-0.25, -0.2) is 0 Å². The fourth-order valence-electron chi connectivity index (χ4n) is 5.18. The van der Waals surface area contributed by atoms with Crippen molar-refractivity contribution in [2.75, 3.05) is 19.6 Å². The topological polar surface area (TPSA) is 49.9 Å². The number of carbonyl (C=O) groups is 2. The first-order valence-electron chi connectivity index (χ1n) is 11.3. The molecule has 2 aromatic carbocycles. The number of nitrogens with zero attached hydrogens (tertiary/aromatic N) is 2. The smallest absolute Gasteiger partial charge is 0.261 e. The molecule has 0 saturated carbocycles. The lowest BCUT2D eigenvalue weighted by Gasteiger charge is -2.46. The molecule has 0 spiro atoms. The third-order valence-electron chi connectivity index (χ3n) is 7.52. The summed E-state index contributed by atoms with van der Waals surface area (Å²) in [5.41, 5.74) is 2.42. The van der Waals surface area contributed by atoms with Gasteiger partial charge in [0.05, 0.1) is 17.2 Å². The number of amides is 2. The van der Waals surface area contributed by atoms with E-state index in [-0.39, 0.29) is 29.2 Å². The Bertz CT molecular complexity index is 989. The molecule has 6 heteroatoms. The van der Waals surface area contributed by atoms with Crippen LogP contribution in [0.15, 0.2) is 48.5 Å². The zero-order valence-corrected chi connectivity index (χ0v) is 21.3. The van der Waals surface area contributed by atoms with Crippen molar-refractivity contribution in [1.29, 1.82) is 0 Å². The average molecular weight is 546 g/mol. The van der Waals surface area contributed by atoms with E-state index in [0.29, 0.717) is 23.6 Å². The zero-order valence-electron chi connectivity index (χ0n) is 19.2. The number of hydrogen-bond donors (Lipinski definition) is 0. The summed E-state index contributed by atoms with van der Waals surface area (Å²) in [5, 5.41) is 0. The summed E-state index contributed by atoms with van der Waals surface area (Å²) < 4.78 is 5.42. The minimum atomic E-state index is -0.158. The van der Waals surface area contributed by atoms with E-state index < -0.39 is 0 Å². The normalized spacial score (nSPS) is 24.7. The number of rotatable bonds is 6. The highest BCUT2D eigenvalue weighted by Crippen LogP contribution is 2.41. The molecule has 4 rings (SSSR count). The van der Waals surface area contributed by atoms with Gasteiger partial charge in [0.25, 0.3) is 11.8 Å². The van der Waals surface area contributed by atoms with Crippen molar-refractivity contribution in [3.05, 3.63) is 65.2 Å². The van der Waals surface area contributed by atoms with Crippen LogP contribution in [0, 0.1) is 11.8 Å². The molecule has 2 aliphatic rings. The van der Waals surface area contributed by atoms with Crippen LogP contribution in [0.3, 0.4) is 0 Å². The molecule has 3 atom stereocenters. The van der Waals surface area contributed by atoms with Crippen LogP contribution in [0.1, 0.15) is 60.4 Å². The largest absolute Gasteiger partial charge is 0.428 e. The summed E-state index contributed by atoms with van der Waals surface area (Å²) in [7, 11) is 0. The molecule has 0 aromatic heterocycles. The minimum Gasteiger partial charge on any atom is -0.428 e. The van der Waals surface area contributed by atoms with Gasteiger partial charge in [0.15, 0.2) is 23.0 Å². The van der Waals surface area contributed by atoms with E-state index in [1.165, 1.54) is 10.5 Å². The van der Waals surface area contributed by atoms with Crippen molar-refractivity contribution in [2.45, 2.75) is 45.6 Å². The lowest BCUT2D eigenvalue weighted by atomic mass is 9.68. The molecule has 2 aromatic rings. The van der Waals surface area contributed by atoms with Crippen molar-refractivity contribution in [2.24, 2.45) is 11.8 Å². The molecule has 32 heavy (non-hydrogen) atoms. The van der Waals surface area contributed by atoms with Crippen LogP contribution in [0.25, 0.3) is 0 Å². The third-order valence-corrected chi connectivity index (χ3v) is 8.03. The first-order chi connectivity index (χ1) is 15.3. The minimum absolute atomic E-state index is 0.0600. The second-order valence-electron chi connectivity index (χ2n) is 9.77. The summed E-state index contributed by atoms with van der Waals surface area (Å²) >= 11 is 1.93. The highest BCUT2D eigenvalue weighted by Gasteiger charge is 2.43. The highest BCUT2D eigenvalue weighted by molar-refractivity contribution is 14.1. The molecule has 5 nitrogen and oxygen atoms in total. The molecule has 0 unspecified atom stereocenters. The van der Waals surface area contributed by atoms with Gasteiger partial charge in [-0.3, -0.25) is 14.5 Å². The van der Waals surface area contributed by atoms with Gasteiger partial charge >= 0.3 is 0 Å². The van der Waals surface area contributed by atoms with Crippen molar-refractivity contribution in [1.82, 2.24) is 9.80 Å². The fourth-order valence-corrected chi connectivity index (χ4v) is 5.45. The molecule has 2 aliphatic heterocycles. The van der Waals surface area contributed by atoms with Crippen LogP contribution >= 0.6 is 23.0 Å². The van der Waals surface area contributed by atoms with Crippen LogP contribution in [0.4, 0.5) is 0 Å². The Balaban J connectivity index is 1.50. The number of likely N-dealkylation sites (tertiary alicyclic amines) is 1. The molecule has 1 fully saturated rings. The van der Waals surface area contributed by atoms with Crippen molar-refractivity contribution in [3.63, 3.8) is 0 Å². The van der Waals surface area contributed by atoms with E-state index in [2.05, 4.69) is 50.8 Å². The quantitative estimate of drug-likeness (QED) is 0.363. The Hall–Kier alpha value is -1.93. The Morgan fingerprint density at radius 2 is 1.75 bits per heavy atom. The van der Waals surface area contributed by atoms with Gasteiger partial charge in [0, 0.05) is 13.1 Å². The molecule has 2 amide bonds. The standard InChI is InChI=1S/C26H31IN2O3/c1-17(2)23(29-24(30)21-10-5-6-11-22(21)25(29)31)16-28-13-12-26(4,18(3)15-28)19-8-7-9-20(14-19)32-27/h5-11,14,17-18,23H,12-13,15-16H2,1-4H3/t18-,23+,26+/m0/s1. The number of halogens is 1. The average Bonchev–Trinajstić information content (AvgIpc) is 3.04. The SMILES string of the molecule is CC(C)[C@@H](CN1CC[C@@](C)(c2cccc(OI)c2)[C@@H](C)C1)N1C(=O)c2ccccc2C1=O. The first kappa shape index (κ1) is 23.2. The van der Waals surface area contributed by atoms with E-state index in [9.17, 15) is 9.59 Å². The lowest BCUT2D eigenvalue weighted by Crippen LogP contribution is -2.54. The Morgan fingerprint density at radius 3 is 2.31 bits per heavy atom. The predicted molar refractivity (Wildman–Crippen MR) is 134 cm³/mol. The molecule has 170 valence electrons. The van der Waals surface area contributed by atoms with Crippen LogP contribution in [-0.4, -0.2) is 47.3 Å². The summed E-state index contributed by atoms with van der Waals surface area (Å²) in [4.78, 5) is 30.1. The third kappa shape index (κ3) is 4.07.